The molecule has 2 aromatic rings. The number of para-hydroxylation sites is 1. The monoisotopic (exact) mass is 287 g/mol. The number of nitrogens with zero attached hydrogens (tertiary/aromatic N) is 1. The van der Waals surface area contributed by atoms with Crippen LogP contribution in [0.3, 0.4) is 0 Å². The number of rotatable bonds is 5. The highest BCUT2D eigenvalue weighted by atomic mass is 32.1. The Morgan fingerprint density at radius 1 is 1.35 bits per heavy atom. The van der Waals surface area contributed by atoms with Gasteiger partial charge in [-0.05, 0) is 37.8 Å². The summed E-state index contributed by atoms with van der Waals surface area (Å²) < 4.78 is 0. The number of anilines is 2. The van der Waals surface area contributed by atoms with Crippen molar-refractivity contribution >= 4 is 28.1 Å². The number of carbonyl (C=O) groups excluding carboxylic acids is 1. The molecule has 4 nitrogen and oxygen atoms in total. The molecule has 1 fully saturated rings. The van der Waals surface area contributed by atoms with Gasteiger partial charge in [0, 0.05) is 12.2 Å². The summed E-state index contributed by atoms with van der Waals surface area (Å²) in [6, 6.07) is 9.85. The lowest BCUT2D eigenvalue weighted by Crippen LogP contribution is -2.25. The molecule has 1 aliphatic carbocycles. The summed E-state index contributed by atoms with van der Waals surface area (Å²) in [6.45, 7) is 2.66. The summed E-state index contributed by atoms with van der Waals surface area (Å²) in [7, 11) is 0. The zero-order valence-corrected chi connectivity index (χ0v) is 12.2. The van der Waals surface area contributed by atoms with Gasteiger partial charge in [-0.3, -0.25) is 4.79 Å². The van der Waals surface area contributed by atoms with Crippen LogP contribution in [0, 0.1) is 12.8 Å². The molecule has 1 amide bonds. The SMILES string of the molecule is Cc1nc(Nc2ccccc2)sc1C(=O)NCC1CC1. The third-order valence-corrected chi connectivity index (χ3v) is 4.35. The Morgan fingerprint density at radius 3 is 2.80 bits per heavy atom. The van der Waals surface area contributed by atoms with E-state index in [0.717, 1.165) is 23.1 Å². The van der Waals surface area contributed by atoms with Gasteiger partial charge in [-0.2, -0.15) is 0 Å². The van der Waals surface area contributed by atoms with Crippen LogP contribution in [-0.4, -0.2) is 17.4 Å². The van der Waals surface area contributed by atoms with Gasteiger partial charge in [0.05, 0.1) is 5.69 Å². The first kappa shape index (κ1) is 13.1. The molecule has 0 aliphatic heterocycles. The molecule has 0 spiro atoms. The van der Waals surface area contributed by atoms with Crippen LogP contribution in [0.2, 0.25) is 0 Å². The molecule has 1 aromatic heterocycles. The molecule has 0 saturated heterocycles. The van der Waals surface area contributed by atoms with E-state index in [9.17, 15) is 4.79 Å². The molecule has 1 saturated carbocycles. The van der Waals surface area contributed by atoms with Gasteiger partial charge in [-0.15, -0.1) is 0 Å². The highest BCUT2D eigenvalue weighted by Crippen LogP contribution is 2.29. The summed E-state index contributed by atoms with van der Waals surface area (Å²) in [4.78, 5) is 17.2. The maximum Gasteiger partial charge on any atom is 0.263 e. The third kappa shape index (κ3) is 3.17. The Kier molecular flexibility index (Phi) is 3.69. The molecule has 20 heavy (non-hydrogen) atoms. The van der Waals surface area contributed by atoms with E-state index in [1.165, 1.54) is 24.2 Å². The second kappa shape index (κ2) is 5.63. The molecule has 0 radical (unpaired) electrons. The Labute approximate surface area is 122 Å². The maximum absolute atomic E-state index is 12.1. The van der Waals surface area contributed by atoms with Crippen molar-refractivity contribution in [2.75, 3.05) is 11.9 Å². The van der Waals surface area contributed by atoms with E-state index < -0.39 is 0 Å². The van der Waals surface area contributed by atoms with Crippen molar-refractivity contribution in [1.82, 2.24) is 10.3 Å². The van der Waals surface area contributed by atoms with Gasteiger partial charge in [-0.25, -0.2) is 4.98 Å². The summed E-state index contributed by atoms with van der Waals surface area (Å²) >= 11 is 1.40. The average molecular weight is 287 g/mol. The number of amides is 1. The number of aryl methyl sites for hydroxylation is 1. The molecular formula is C15H17N3OS. The first-order valence-corrected chi connectivity index (χ1v) is 7.62. The first-order chi connectivity index (χ1) is 9.72. The molecule has 0 atom stereocenters. The molecule has 1 aromatic carbocycles. The standard InChI is InChI=1S/C15H17N3OS/c1-10-13(14(19)16-9-11-7-8-11)20-15(17-10)18-12-5-3-2-4-6-12/h2-6,11H,7-9H2,1H3,(H,16,19)(H,17,18). The van der Waals surface area contributed by atoms with E-state index in [-0.39, 0.29) is 5.91 Å². The third-order valence-electron chi connectivity index (χ3n) is 3.28. The first-order valence-electron chi connectivity index (χ1n) is 6.80. The van der Waals surface area contributed by atoms with Gasteiger partial charge in [0.2, 0.25) is 0 Å². The van der Waals surface area contributed by atoms with Crippen LogP contribution in [0.15, 0.2) is 30.3 Å². The summed E-state index contributed by atoms with van der Waals surface area (Å²) in [6.07, 6.45) is 2.48. The maximum atomic E-state index is 12.1. The number of nitrogens with one attached hydrogen (secondary N) is 2. The van der Waals surface area contributed by atoms with Crippen LogP contribution in [-0.2, 0) is 0 Å². The molecule has 1 heterocycles. The van der Waals surface area contributed by atoms with Gasteiger partial charge in [0.1, 0.15) is 4.88 Å². The Bertz CT molecular complexity index is 605. The minimum Gasteiger partial charge on any atom is -0.351 e. The minimum absolute atomic E-state index is 0.00647. The van der Waals surface area contributed by atoms with Crippen molar-refractivity contribution in [3.05, 3.63) is 40.9 Å². The molecule has 0 unspecified atom stereocenters. The molecule has 1 aliphatic rings. The van der Waals surface area contributed by atoms with Crippen LogP contribution < -0.4 is 10.6 Å². The lowest BCUT2D eigenvalue weighted by Gasteiger charge is -2.01. The van der Waals surface area contributed by atoms with Crippen LogP contribution in [0.5, 0.6) is 0 Å². The zero-order valence-electron chi connectivity index (χ0n) is 11.3. The van der Waals surface area contributed by atoms with E-state index in [1.807, 2.05) is 37.3 Å². The fourth-order valence-electron chi connectivity index (χ4n) is 1.94. The summed E-state index contributed by atoms with van der Waals surface area (Å²) in [5, 5.41) is 6.96. The van der Waals surface area contributed by atoms with Gasteiger partial charge in [-0.1, -0.05) is 29.5 Å². The number of benzene rings is 1. The minimum atomic E-state index is -0.00647. The molecule has 3 rings (SSSR count). The van der Waals surface area contributed by atoms with Gasteiger partial charge in [0.25, 0.3) is 5.91 Å². The van der Waals surface area contributed by atoms with Crippen molar-refractivity contribution < 1.29 is 4.79 Å². The van der Waals surface area contributed by atoms with Crippen LogP contribution in [0.25, 0.3) is 0 Å². The lowest BCUT2D eigenvalue weighted by molar-refractivity contribution is 0.0955. The Morgan fingerprint density at radius 2 is 2.10 bits per heavy atom. The zero-order chi connectivity index (χ0) is 13.9. The van der Waals surface area contributed by atoms with Gasteiger partial charge >= 0.3 is 0 Å². The average Bonchev–Trinajstić information content (AvgIpc) is 3.21. The van der Waals surface area contributed by atoms with Crippen molar-refractivity contribution in [3.8, 4) is 0 Å². The molecular weight excluding hydrogens is 270 g/mol. The number of thiazole rings is 1. The smallest absolute Gasteiger partial charge is 0.263 e. The topological polar surface area (TPSA) is 54.0 Å². The second-order valence-electron chi connectivity index (χ2n) is 5.08. The summed E-state index contributed by atoms with van der Waals surface area (Å²) in [5.74, 6) is 0.683. The van der Waals surface area contributed by atoms with Gasteiger partial charge in [0.15, 0.2) is 5.13 Å². The van der Waals surface area contributed by atoms with E-state index in [2.05, 4.69) is 15.6 Å². The van der Waals surface area contributed by atoms with Crippen molar-refractivity contribution in [3.63, 3.8) is 0 Å². The predicted molar refractivity (Wildman–Crippen MR) is 81.6 cm³/mol. The fraction of sp³-hybridized carbons (Fsp3) is 0.333. The van der Waals surface area contributed by atoms with E-state index in [0.29, 0.717) is 10.8 Å². The molecule has 2 N–H and O–H groups in total. The highest BCUT2D eigenvalue weighted by molar-refractivity contribution is 7.17. The second-order valence-corrected chi connectivity index (χ2v) is 6.08. The Balaban J connectivity index is 1.68. The number of carbonyl (C=O) groups is 1. The van der Waals surface area contributed by atoms with Crippen LogP contribution >= 0.6 is 11.3 Å². The normalized spacial score (nSPS) is 14.1. The van der Waals surface area contributed by atoms with Gasteiger partial charge < -0.3 is 10.6 Å². The van der Waals surface area contributed by atoms with Crippen LogP contribution in [0.4, 0.5) is 10.8 Å². The number of hydrogen-bond donors (Lipinski definition) is 2. The van der Waals surface area contributed by atoms with E-state index >= 15 is 0 Å². The fourth-order valence-corrected chi connectivity index (χ4v) is 2.85. The molecule has 5 heteroatoms. The number of aromatic nitrogens is 1. The van der Waals surface area contributed by atoms with E-state index in [4.69, 9.17) is 0 Å². The lowest BCUT2D eigenvalue weighted by atomic mass is 10.3. The summed E-state index contributed by atoms with van der Waals surface area (Å²) in [5.41, 5.74) is 1.76. The Hall–Kier alpha value is -1.88. The van der Waals surface area contributed by atoms with Crippen molar-refractivity contribution in [1.29, 1.82) is 0 Å². The largest absolute Gasteiger partial charge is 0.351 e. The van der Waals surface area contributed by atoms with E-state index in [1.54, 1.807) is 0 Å². The molecule has 104 valence electrons. The predicted octanol–water partition coefficient (Wildman–Crippen LogP) is 3.33. The number of hydrogen-bond acceptors (Lipinski definition) is 4. The molecule has 0 bridgehead atoms. The highest BCUT2D eigenvalue weighted by Gasteiger charge is 2.23. The quantitative estimate of drug-likeness (QED) is 0.887. The van der Waals surface area contributed by atoms with Crippen molar-refractivity contribution in [2.24, 2.45) is 5.92 Å². The van der Waals surface area contributed by atoms with Crippen molar-refractivity contribution in [2.45, 2.75) is 19.8 Å². The van der Waals surface area contributed by atoms with Crippen LogP contribution in [0.1, 0.15) is 28.2 Å².